The van der Waals surface area contributed by atoms with E-state index in [9.17, 15) is 9.59 Å². The lowest BCUT2D eigenvalue weighted by Gasteiger charge is -2.26. The molecule has 164 valence electrons. The number of rotatable bonds is 9. The van der Waals surface area contributed by atoms with E-state index in [4.69, 9.17) is 18.9 Å². The molecule has 9 heteroatoms. The van der Waals surface area contributed by atoms with E-state index >= 15 is 0 Å². The van der Waals surface area contributed by atoms with Gasteiger partial charge in [0.1, 0.15) is 5.75 Å². The van der Waals surface area contributed by atoms with E-state index in [0.29, 0.717) is 43.6 Å². The summed E-state index contributed by atoms with van der Waals surface area (Å²) in [5.74, 6) is 1.14. The van der Waals surface area contributed by atoms with Crippen LogP contribution in [0.25, 0.3) is 0 Å². The first-order valence-electron chi connectivity index (χ1n) is 9.82. The summed E-state index contributed by atoms with van der Waals surface area (Å²) < 4.78 is 21.4. The predicted octanol–water partition coefficient (Wildman–Crippen LogP) is 1.46. The Hall–Kier alpha value is -3.59. The van der Waals surface area contributed by atoms with Gasteiger partial charge in [-0.3, -0.25) is 9.59 Å². The minimum Gasteiger partial charge on any atom is -0.493 e. The molecule has 31 heavy (non-hydrogen) atoms. The minimum atomic E-state index is -0.399. The van der Waals surface area contributed by atoms with Gasteiger partial charge in [0.2, 0.25) is 0 Å². The van der Waals surface area contributed by atoms with E-state index in [-0.39, 0.29) is 19.1 Å². The maximum absolute atomic E-state index is 12.1. The fourth-order valence-electron chi connectivity index (χ4n) is 2.79. The molecule has 0 atom stereocenters. The van der Waals surface area contributed by atoms with Crippen molar-refractivity contribution in [1.29, 1.82) is 0 Å². The van der Waals surface area contributed by atoms with Gasteiger partial charge in [0, 0.05) is 13.1 Å². The molecule has 3 rings (SSSR count). The third kappa shape index (κ3) is 7.00. The highest BCUT2D eigenvalue weighted by atomic mass is 16.5. The van der Waals surface area contributed by atoms with Gasteiger partial charge in [-0.05, 0) is 42.0 Å². The first-order valence-corrected chi connectivity index (χ1v) is 9.82. The van der Waals surface area contributed by atoms with Crippen LogP contribution in [0.2, 0.25) is 0 Å². The van der Waals surface area contributed by atoms with Crippen molar-refractivity contribution in [2.45, 2.75) is 0 Å². The highest BCUT2D eigenvalue weighted by molar-refractivity contribution is 5.83. The molecule has 0 aromatic heterocycles. The zero-order valence-corrected chi connectivity index (χ0v) is 17.3. The van der Waals surface area contributed by atoms with Crippen molar-refractivity contribution in [2.24, 2.45) is 5.10 Å². The molecule has 0 aliphatic carbocycles. The standard InChI is InChI=1S/C22H25N3O6/c1-28-19-4-2-3-5-20(19)31-15-21(26)24-23-14-17-6-8-18(9-7-17)30-16-22(27)25-10-12-29-13-11-25/h2-9,14H,10-13,15-16H2,1H3,(H,24,26)/b23-14-. The van der Waals surface area contributed by atoms with Crippen LogP contribution in [0.3, 0.4) is 0 Å². The van der Waals surface area contributed by atoms with Crippen molar-refractivity contribution in [3.05, 3.63) is 54.1 Å². The number of methoxy groups -OCH3 is 1. The van der Waals surface area contributed by atoms with Gasteiger partial charge in [-0.1, -0.05) is 12.1 Å². The smallest absolute Gasteiger partial charge is 0.277 e. The van der Waals surface area contributed by atoms with Crippen LogP contribution >= 0.6 is 0 Å². The lowest BCUT2D eigenvalue weighted by atomic mass is 10.2. The van der Waals surface area contributed by atoms with Crippen LogP contribution < -0.4 is 19.6 Å². The number of hydrazone groups is 1. The van der Waals surface area contributed by atoms with Gasteiger partial charge >= 0.3 is 0 Å². The Morgan fingerprint density at radius 3 is 2.45 bits per heavy atom. The van der Waals surface area contributed by atoms with Crippen LogP contribution in [0, 0.1) is 0 Å². The highest BCUT2D eigenvalue weighted by Crippen LogP contribution is 2.25. The molecule has 1 fully saturated rings. The largest absolute Gasteiger partial charge is 0.493 e. The van der Waals surface area contributed by atoms with Crippen LogP contribution in [-0.4, -0.2) is 69.6 Å². The van der Waals surface area contributed by atoms with E-state index < -0.39 is 5.91 Å². The topological polar surface area (TPSA) is 98.7 Å². The number of amides is 2. The number of ether oxygens (including phenoxy) is 4. The van der Waals surface area contributed by atoms with Crippen LogP contribution in [0.4, 0.5) is 0 Å². The quantitative estimate of drug-likeness (QED) is 0.481. The second-order valence-electron chi connectivity index (χ2n) is 6.58. The summed E-state index contributed by atoms with van der Waals surface area (Å²) in [6.07, 6.45) is 1.50. The first kappa shape index (κ1) is 22.1. The van der Waals surface area contributed by atoms with Gasteiger partial charge in [-0.15, -0.1) is 0 Å². The monoisotopic (exact) mass is 427 g/mol. The number of benzene rings is 2. The Bertz CT molecular complexity index is 894. The van der Waals surface area contributed by atoms with Crippen LogP contribution in [0.1, 0.15) is 5.56 Å². The van der Waals surface area contributed by atoms with Gasteiger partial charge in [0.15, 0.2) is 24.7 Å². The van der Waals surface area contributed by atoms with Crippen LogP contribution in [0.5, 0.6) is 17.2 Å². The normalized spacial score (nSPS) is 13.6. The third-order valence-corrected chi connectivity index (χ3v) is 4.44. The molecule has 0 unspecified atom stereocenters. The third-order valence-electron chi connectivity index (χ3n) is 4.44. The van der Waals surface area contributed by atoms with Crippen LogP contribution in [0.15, 0.2) is 53.6 Å². The summed E-state index contributed by atoms with van der Waals surface area (Å²) in [5.41, 5.74) is 3.16. The molecule has 1 heterocycles. The lowest BCUT2D eigenvalue weighted by Crippen LogP contribution is -2.42. The lowest BCUT2D eigenvalue weighted by molar-refractivity contribution is -0.137. The molecule has 0 bridgehead atoms. The van der Waals surface area contributed by atoms with Gasteiger partial charge in [-0.25, -0.2) is 5.43 Å². The molecule has 2 amide bonds. The second-order valence-corrected chi connectivity index (χ2v) is 6.58. The number of morpholine rings is 1. The van der Waals surface area contributed by atoms with Gasteiger partial charge < -0.3 is 23.8 Å². The maximum Gasteiger partial charge on any atom is 0.277 e. The predicted molar refractivity (Wildman–Crippen MR) is 114 cm³/mol. The van der Waals surface area contributed by atoms with Gasteiger partial charge in [-0.2, -0.15) is 5.10 Å². The number of para-hydroxylation sites is 2. The molecular formula is C22H25N3O6. The summed E-state index contributed by atoms with van der Waals surface area (Å²) in [5, 5.41) is 3.91. The molecule has 2 aromatic rings. The first-order chi connectivity index (χ1) is 15.2. The number of nitrogens with zero attached hydrogens (tertiary/aromatic N) is 2. The van der Waals surface area contributed by atoms with E-state index in [2.05, 4.69) is 10.5 Å². The molecule has 2 aromatic carbocycles. The Kier molecular flexibility index (Phi) is 8.24. The molecular weight excluding hydrogens is 402 g/mol. The fraction of sp³-hybridized carbons (Fsp3) is 0.318. The SMILES string of the molecule is COc1ccccc1OCC(=O)N/N=C\c1ccc(OCC(=O)N2CCOCC2)cc1. The fourth-order valence-corrected chi connectivity index (χ4v) is 2.79. The summed E-state index contributed by atoms with van der Waals surface area (Å²) in [4.78, 5) is 25.7. The summed E-state index contributed by atoms with van der Waals surface area (Å²) in [6, 6.07) is 14.1. The Balaban J connectivity index is 1.39. The van der Waals surface area contributed by atoms with Gasteiger partial charge in [0.05, 0.1) is 26.5 Å². The van der Waals surface area contributed by atoms with Crippen LogP contribution in [-0.2, 0) is 14.3 Å². The minimum absolute atomic E-state index is 0.0182. The summed E-state index contributed by atoms with van der Waals surface area (Å²) >= 11 is 0. The van der Waals surface area contributed by atoms with Crippen molar-refractivity contribution in [3.63, 3.8) is 0 Å². The Labute approximate surface area is 180 Å². The van der Waals surface area contributed by atoms with Crippen molar-refractivity contribution >= 4 is 18.0 Å². The molecule has 0 spiro atoms. The van der Waals surface area contributed by atoms with E-state index in [1.54, 1.807) is 47.4 Å². The summed E-state index contributed by atoms with van der Waals surface area (Å²) in [6.45, 7) is 2.09. The maximum atomic E-state index is 12.1. The van der Waals surface area contributed by atoms with Crippen molar-refractivity contribution in [1.82, 2.24) is 10.3 Å². The molecule has 0 saturated carbocycles. The van der Waals surface area contributed by atoms with E-state index in [0.717, 1.165) is 5.56 Å². The summed E-state index contributed by atoms with van der Waals surface area (Å²) in [7, 11) is 1.53. The zero-order chi connectivity index (χ0) is 21.9. The molecule has 1 aliphatic heterocycles. The zero-order valence-electron chi connectivity index (χ0n) is 17.3. The number of nitrogens with one attached hydrogen (secondary N) is 1. The number of carbonyl (C=O) groups excluding carboxylic acids is 2. The molecule has 9 nitrogen and oxygen atoms in total. The number of hydrogen-bond donors (Lipinski definition) is 1. The van der Waals surface area contributed by atoms with Crippen molar-refractivity contribution in [3.8, 4) is 17.2 Å². The average Bonchev–Trinajstić information content (AvgIpc) is 2.82. The molecule has 1 N–H and O–H groups in total. The number of carbonyl (C=O) groups is 2. The second kappa shape index (κ2) is 11.6. The highest BCUT2D eigenvalue weighted by Gasteiger charge is 2.17. The van der Waals surface area contributed by atoms with Crippen molar-refractivity contribution < 1.29 is 28.5 Å². The van der Waals surface area contributed by atoms with E-state index in [1.165, 1.54) is 13.3 Å². The molecule has 1 aliphatic rings. The molecule has 1 saturated heterocycles. The molecule has 0 radical (unpaired) electrons. The van der Waals surface area contributed by atoms with Crippen molar-refractivity contribution in [2.75, 3.05) is 46.6 Å². The Morgan fingerprint density at radius 2 is 1.74 bits per heavy atom. The Morgan fingerprint density at radius 1 is 1.03 bits per heavy atom. The average molecular weight is 427 g/mol. The number of hydrogen-bond acceptors (Lipinski definition) is 7. The van der Waals surface area contributed by atoms with Gasteiger partial charge in [0.25, 0.3) is 11.8 Å². The van der Waals surface area contributed by atoms with E-state index in [1.807, 2.05) is 6.07 Å².